The van der Waals surface area contributed by atoms with Crippen molar-refractivity contribution in [3.8, 4) is 0 Å². The van der Waals surface area contributed by atoms with Gasteiger partial charge in [-0.15, -0.1) is 0 Å². The maximum atomic E-state index is 11.8. The number of hydrogen-bond acceptors (Lipinski definition) is 3. The van der Waals surface area contributed by atoms with Gasteiger partial charge in [0.2, 0.25) is 0 Å². The topological polar surface area (TPSA) is 45.2 Å². The highest BCUT2D eigenvalue weighted by Crippen LogP contribution is 2.16. The second kappa shape index (κ2) is 6.91. The molecule has 0 bridgehead atoms. The number of nitrogens with zero attached hydrogens (tertiary/aromatic N) is 2. The minimum Gasteiger partial charge on any atom is -0.373 e. The minimum atomic E-state index is -0.157. The van der Waals surface area contributed by atoms with Crippen LogP contribution in [0.3, 0.4) is 0 Å². The van der Waals surface area contributed by atoms with Gasteiger partial charge in [-0.05, 0) is 36.4 Å². The highest BCUT2D eigenvalue weighted by Gasteiger charge is 2.06. The Balaban J connectivity index is 1.81. The van der Waals surface area contributed by atoms with Crippen molar-refractivity contribution in [3.63, 3.8) is 0 Å². The fourth-order valence-corrected chi connectivity index (χ4v) is 1.88. The predicted molar refractivity (Wildman–Crippen MR) is 81.3 cm³/mol. The first-order chi connectivity index (χ1) is 9.66. The highest BCUT2D eigenvalue weighted by atomic mass is 35.5. The molecular weight excluding hydrogens is 274 g/mol. The Kier molecular flexibility index (Phi) is 4.96. The van der Waals surface area contributed by atoms with E-state index in [1.807, 2.05) is 31.3 Å². The number of hydrogen-bond donors (Lipinski definition) is 1. The van der Waals surface area contributed by atoms with E-state index in [0.29, 0.717) is 23.8 Å². The van der Waals surface area contributed by atoms with Gasteiger partial charge < -0.3 is 10.2 Å². The lowest BCUT2D eigenvalue weighted by molar-refractivity contribution is 0.0950. The van der Waals surface area contributed by atoms with E-state index in [1.54, 1.807) is 24.4 Å². The average Bonchev–Trinajstić information content (AvgIpc) is 2.48. The number of carbonyl (C=O) groups is 1. The second-order valence-corrected chi connectivity index (χ2v) is 4.81. The molecule has 1 amide bonds. The number of pyridine rings is 1. The maximum absolute atomic E-state index is 11.8. The molecule has 1 heterocycles. The van der Waals surface area contributed by atoms with E-state index in [9.17, 15) is 4.79 Å². The third kappa shape index (κ3) is 3.96. The van der Waals surface area contributed by atoms with Crippen LogP contribution in [-0.2, 0) is 0 Å². The molecule has 2 rings (SSSR count). The molecule has 0 spiro atoms. The predicted octanol–water partition coefficient (Wildman–Crippen LogP) is 2.60. The number of anilines is 1. The van der Waals surface area contributed by atoms with Crippen molar-refractivity contribution < 1.29 is 4.79 Å². The highest BCUT2D eigenvalue weighted by molar-refractivity contribution is 6.30. The Morgan fingerprint density at radius 1 is 1.25 bits per heavy atom. The van der Waals surface area contributed by atoms with Gasteiger partial charge in [-0.3, -0.25) is 9.78 Å². The van der Waals surface area contributed by atoms with Crippen LogP contribution in [0.5, 0.6) is 0 Å². The molecule has 0 saturated carbocycles. The molecule has 20 heavy (non-hydrogen) atoms. The van der Waals surface area contributed by atoms with Gasteiger partial charge in [0.25, 0.3) is 5.91 Å². The molecule has 1 aromatic carbocycles. The van der Waals surface area contributed by atoms with E-state index in [0.717, 1.165) is 5.69 Å². The van der Waals surface area contributed by atoms with E-state index < -0.39 is 0 Å². The molecule has 0 unspecified atom stereocenters. The summed E-state index contributed by atoms with van der Waals surface area (Å²) >= 11 is 5.85. The largest absolute Gasteiger partial charge is 0.373 e. The molecular formula is C15H16ClN3O. The van der Waals surface area contributed by atoms with Crippen molar-refractivity contribution >= 4 is 23.2 Å². The quantitative estimate of drug-likeness (QED) is 0.920. The summed E-state index contributed by atoms with van der Waals surface area (Å²) in [4.78, 5) is 17.9. The zero-order valence-corrected chi connectivity index (χ0v) is 12.0. The van der Waals surface area contributed by atoms with Crippen LogP contribution >= 0.6 is 11.6 Å². The minimum absolute atomic E-state index is 0.157. The van der Waals surface area contributed by atoms with Crippen LogP contribution in [0.4, 0.5) is 5.69 Å². The summed E-state index contributed by atoms with van der Waals surface area (Å²) < 4.78 is 0. The normalized spacial score (nSPS) is 10.1. The first-order valence-electron chi connectivity index (χ1n) is 6.33. The standard InChI is InChI=1S/C15H16ClN3O/c1-19(13-7-5-12(16)6-8-13)11-10-18-15(20)14-4-2-3-9-17-14/h2-9H,10-11H2,1H3,(H,18,20). The Morgan fingerprint density at radius 2 is 2.00 bits per heavy atom. The Hall–Kier alpha value is -2.07. The van der Waals surface area contributed by atoms with E-state index in [1.165, 1.54) is 0 Å². The number of carbonyl (C=O) groups excluding carboxylic acids is 1. The molecule has 104 valence electrons. The number of likely N-dealkylation sites (N-methyl/N-ethyl adjacent to an activating group) is 1. The average molecular weight is 290 g/mol. The number of halogens is 1. The van der Waals surface area contributed by atoms with Crippen molar-refractivity contribution in [2.24, 2.45) is 0 Å². The van der Waals surface area contributed by atoms with Gasteiger partial charge in [0, 0.05) is 37.0 Å². The molecule has 0 fully saturated rings. The van der Waals surface area contributed by atoms with Crippen molar-refractivity contribution in [1.29, 1.82) is 0 Å². The molecule has 4 nitrogen and oxygen atoms in total. The molecule has 1 aromatic heterocycles. The van der Waals surface area contributed by atoms with E-state index in [2.05, 4.69) is 15.2 Å². The molecule has 1 N–H and O–H groups in total. The third-order valence-electron chi connectivity index (χ3n) is 2.90. The van der Waals surface area contributed by atoms with Gasteiger partial charge in [0.05, 0.1) is 0 Å². The molecule has 0 aliphatic rings. The van der Waals surface area contributed by atoms with Crippen molar-refractivity contribution in [3.05, 3.63) is 59.4 Å². The Morgan fingerprint density at radius 3 is 2.65 bits per heavy atom. The van der Waals surface area contributed by atoms with Crippen LogP contribution < -0.4 is 10.2 Å². The number of rotatable bonds is 5. The van der Waals surface area contributed by atoms with E-state index >= 15 is 0 Å². The summed E-state index contributed by atoms with van der Waals surface area (Å²) in [6.07, 6.45) is 1.61. The zero-order chi connectivity index (χ0) is 14.4. The number of aromatic nitrogens is 1. The first-order valence-corrected chi connectivity index (χ1v) is 6.70. The van der Waals surface area contributed by atoms with Gasteiger partial charge in [-0.2, -0.15) is 0 Å². The lowest BCUT2D eigenvalue weighted by Gasteiger charge is -2.19. The first kappa shape index (κ1) is 14.3. The lowest BCUT2D eigenvalue weighted by atomic mass is 10.3. The molecule has 0 radical (unpaired) electrons. The maximum Gasteiger partial charge on any atom is 0.269 e. The monoisotopic (exact) mass is 289 g/mol. The summed E-state index contributed by atoms with van der Waals surface area (Å²) in [6.45, 7) is 1.26. The molecule has 0 saturated heterocycles. The number of amides is 1. The lowest BCUT2D eigenvalue weighted by Crippen LogP contribution is -2.33. The van der Waals surface area contributed by atoms with Gasteiger partial charge >= 0.3 is 0 Å². The van der Waals surface area contributed by atoms with E-state index in [-0.39, 0.29) is 5.91 Å². The van der Waals surface area contributed by atoms with Crippen LogP contribution in [0, 0.1) is 0 Å². The fourth-order valence-electron chi connectivity index (χ4n) is 1.75. The SMILES string of the molecule is CN(CCNC(=O)c1ccccn1)c1ccc(Cl)cc1. The Labute approximate surface area is 123 Å². The molecule has 0 aliphatic carbocycles. The van der Waals surface area contributed by atoms with Crippen molar-refractivity contribution in [1.82, 2.24) is 10.3 Å². The fraction of sp³-hybridized carbons (Fsp3) is 0.200. The molecule has 0 aliphatic heterocycles. The van der Waals surface area contributed by atoms with Crippen molar-refractivity contribution in [2.75, 3.05) is 25.0 Å². The van der Waals surface area contributed by atoms with Crippen LogP contribution in [-0.4, -0.2) is 31.0 Å². The smallest absolute Gasteiger partial charge is 0.269 e. The summed E-state index contributed by atoms with van der Waals surface area (Å²) in [5, 5.41) is 3.56. The second-order valence-electron chi connectivity index (χ2n) is 4.37. The summed E-state index contributed by atoms with van der Waals surface area (Å²) in [5.74, 6) is -0.157. The Bertz CT molecular complexity index is 557. The van der Waals surface area contributed by atoms with E-state index in [4.69, 9.17) is 11.6 Å². The number of benzene rings is 1. The van der Waals surface area contributed by atoms with Crippen LogP contribution in [0.2, 0.25) is 5.02 Å². The van der Waals surface area contributed by atoms with Crippen molar-refractivity contribution in [2.45, 2.75) is 0 Å². The van der Waals surface area contributed by atoms with Gasteiger partial charge in [-0.25, -0.2) is 0 Å². The van der Waals surface area contributed by atoms with Gasteiger partial charge in [-0.1, -0.05) is 17.7 Å². The van der Waals surface area contributed by atoms with Crippen LogP contribution in [0.15, 0.2) is 48.7 Å². The zero-order valence-electron chi connectivity index (χ0n) is 11.2. The number of nitrogens with one attached hydrogen (secondary N) is 1. The molecule has 0 atom stereocenters. The van der Waals surface area contributed by atoms with Crippen LogP contribution in [0.1, 0.15) is 10.5 Å². The summed E-state index contributed by atoms with van der Waals surface area (Å²) in [7, 11) is 1.97. The third-order valence-corrected chi connectivity index (χ3v) is 3.15. The molecule has 5 heteroatoms. The molecule has 2 aromatic rings. The summed E-state index contributed by atoms with van der Waals surface area (Å²) in [5.41, 5.74) is 1.49. The van der Waals surface area contributed by atoms with Gasteiger partial charge in [0.15, 0.2) is 0 Å². The summed E-state index contributed by atoms with van der Waals surface area (Å²) in [6, 6.07) is 12.9. The van der Waals surface area contributed by atoms with Gasteiger partial charge in [0.1, 0.15) is 5.69 Å². The van der Waals surface area contributed by atoms with Crippen LogP contribution in [0.25, 0.3) is 0 Å².